The molecule has 1 heterocycles. The van der Waals surface area contributed by atoms with Gasteiger partial charge in [-0.1, -0.05) is 0 Å². The summed E-state index contributed by atoms with van der Waals surface area (Å²) >= 11 is 0. The van der Waals surface area contributed by atoms with E-state index in [-0.39, 0.29) is 0 Å². The Morgan fingerprint density at radius 3 is 1.41 bits per heavy atom. The lowest BCUT2D eigenvalue weighted by Crippen LogP contribution is -2.68. The number of ether oxygens (including phenoxy) is 1. The lowest BCUT2D eigenvalue weighted by Gasteiger charge is -2.36. The van der Waals surface area contributed by atoms with Gasteiger partial charge in [-0.2, -0.15) is 39.5 Å². The molecule has 0 bridgehead atoms. The molecule has 0 saturated carbocycles. The van der Waals surface area contributed by atoms with E-state index in [2.05, 4.69) is 4.74 Å². The van der Waals surface area contributed by atoms with Crippen LogP contribution in [0, 0.1) is 0 Å². The fourth-order valence-corrected chi connectivity index (χ4v) is 1.29. The average Bonchev–Trinajstić information content (AvgIpc) is 2.26. The van der Waals surface area contributed by atoms with Gasteiger partial charge in [-0.15, -0.1) is 0 Å². The molecule has 0 aromatic rings. The highest BCUT2D eigenvalue weighted by molar-refractivity contribution is 5.16. The second kappa shape index (κ2) is 3.18. The average molecular weight is 280 g/mol. The first-order valence-corrected chi connectivity index (χ1v) is 3.74. The van der Waals surface area contributed by atoms with Crippen molar-refractivity contribution in [3.8, 4) is 0 Å². The van der Waals surface area contributed by atoms with Gasteiger partial charge in [-0.05, 0) is 0 Å². The Balaban J connectivity index is 3.47. The Kier molecular flexibility index (Phi) is 2.68. The Morgan fingerprint density at radius 1 is 0.765 bits per heavy atom. The predicted molar refractivity (Wildman–Crippen MR) is 30.7 cm³/mol. The van der Waals surface area contributed by atoms with Crippen LogP contribution >= 0.6 is 0 Å². The van der Waals surface area contributed by atoms with Crippen molar-refractivity contribution in [2.45, 2.75) is 29.8 Å². The van der Waals surface area contributed by atoms with Crippen LogP contribution in [0.5, 0.6) is 0 Å². The first-order chi connectivity index (χ1) is 7.21. The van der Waals surface area contributed by atoms with Crippen LogP contribution in [-0.4, -0.2) is 36.4 Å². The van der Waals surface area contributed by atoms with Gasteiger partial charge >= 0.3 is 29.8 Å². The van der Waals surface area contributed by atoms with Gasteiger partial charge in [0.15, 0.2) is 0 Å². The molecule has 2 atom stereocenters. The fraction of sp³-hybridized carbons (Fsp3) is 1.00. The van der Waals surface area contributed by atoms with Crippen LogP contribution in [0.3, 0.4) is 0 Å². The van der Waals surface area contributed by atoms with Crippen LogP contribution in [0.15, 0.2) is 0 Å². The van der Waals surface area contributed by atoms with Crippen molar-refractivity contribution in [3.05, 3.63) is 0 Å². The van der Waals surface area contributed by atoms with Crippen molar-refractivity contribution in [2.75, 3.05) is 6.61 Å². The van der Waals surface area contributed by atoms with Crippen LogP contribution in [0.1, 0.15) is 0 Å². The Morgan fingerprint density at radius 2 is 1.18 bits per heavy atom. The van der Waals surface area contributed by atoms with E-state index >= 15 is 0 Å². The van der Waals surface area contributed by atoms with Crippen molar-refractivity contribution in [1.82, 2.24) is 0 Å². The summed E-state index contributed by atoms with van der Waals surface area (Å²) in [7, 11) is 0. The molecule has 1 aliphatic heterocycles. The number of hydrogen-bond donors (Lipinski definition) is 0. The molecule has 1 saturated heterocycles. The molecule has 17 heavy (non-hydrogen) atoms. The fourth-order valence-electron chi connectivity index (χ4n) is 1.29. The van der Waals surface area contributed by atoms with E-state index in [1.165, 1.54) is 0 Å². The van der Waals surface area contributed by atoms with Gasteiger partial charge in [0, 0.05) is 0 Å². The van der Waals surface area contributed by atoms with Crippen LogP contribution in [0.2, 0.25) is 0 Å². The van der Waals surface area contributed by atoms with E-state index < -0.39 is 36.4 Å². The molecule has 102 valence electrons. The summed E-state index contributed by atoms with van der Waals surface area (Å²) in [6.07, 6.45) is -13.4. The summed E-state index contributed by atoms with van der Waals surface area (Å²) in [4.78, 5) is 0. The lowest BCUT2D eigenvalue weighted by atomic mass is 9.91. The summed E-state index contributed by atoms with van der Waals surface area (Å²) in [5, 5.41) is 0. The SMILES string of the molecule is FC(F)(F)C1(F)OCC(F)(F)C1(F)C(F)(F)F. The van der Waals surface area contributed by atoms with Crippen LogP contribution in [0.4, 0.5) is 43.9 Å². The zero-order chi connectivity index (χ0) is 13.9. The third-order valence-corrected chi connectivity index (χ3v) is 2.15. The van der Waals surface area contributed by atoms with Gasteiger partial charge < -0.3 is 4.74 Å². The zero-order valence-corrected chi connectivity index (χ0v) is 7.39. The molecule has 0 aliphatic carbocycles. The molecule has 0 N–H and O–H groups in total. The predicted octanol–water partition coefficient (Wildman–Crippen LogP) is 3.15. The molecule has 2 unspecified atom stereocenters. The quantitative estimate of drug-likeness (QED) is 0.619. The largest absolute Gasteiger partial charge is 0.452 e. The monoisotopic (exact) mass is 280 g/mol. The van der Waals surface area contributed by atoms with Crippen molar-refractivity contribution in [1.29, 1.82) is 0 Å². The van der Waals surface area contributed by atoms with Crippen molar-refractivity contribution in [3.63, 3.8) is 0 Å². The molecule has 1 nitrogen and oxygen atoms in total. The molecule has 0 radical (unpaired) electrons. The highest BCUT2D eigenvalue weighted by Gasteiger charge is 2.93. The van der Waals surface area contributed by atoms with Crippen LogP contribution in [0.25, 0.3) is 0 Å². The van der Waals surface area contributed by atoms with E-state index in [1.807, 2.05) is 0 Å². The molecule has 0 amide bonds. The maximum absolute atomic E-state index is 13.0. The van der Waals surface area contributed by atoms with Crippen LogP contribution in [-0.2, 0) is 4.74 Å². The number of rotatable bonds is 0. The second-order valence-electron chi connectivity index (χ2n) is 3.24. The molecule has 1 rings (SSSR count). The van der Waals surface area contributed by atoms with Crippen LogP contribution < -0.4 is 0 Å². The Bertz CT molecular complexity index is 318. The summed E-state index contributed by atoms with van der Waals surface area (Å²) < 4.78 is 126. The van der Waals surface area contributed by atoms with E-state index in [9.17, 15) is 43.9 Å². The lowest BCUT2D eigenvalue weighted by molar-refractivity contribution is -0.407. The smallest absolute Gasteiger partial charge is 0.329 e. The van der Waals surface area contributed by atoms with Gasteiger partial charge in [0.2, 0.25) is 0 Å². The minimum atomic E-state index is -6.79. The summed E-state index contributed by atoms with van der Waals surface area (Å²) in [5.41, 5.74) is -6.48. The molecule has 0 spiro atoms. The molecule has 11 heteroatoms. The van der Waals surface area contributed by atoms with Crippen molar-refractivity contribution in [2.24, 2.45) is 0 Å². The standard InChI is InChI=1S/C6H2F10O/c7-2(8)1-17-4(10,6(14,15)16)3(2,9)5(11,12)13/h1H2. The molecular weight excluding hydrogens is 278 g/mol. The number of halogens is 10. The highest BCUT2D eigenvalue weighted by Crippen LogP contribution is 2.62. The topological polar surface area (TPSA) is 9.23 Å². The minimum Gasteiger partial charge on any atom is -0.329 e. The first-order valence-electron chi connectivity index (χ1n) is 3.74. The van der Waals surface area contributed by atoms with Crippen molar-refractivity contribution < 1.29 is 48.6 Å². The molecule has 1 aliphatic rings. The maximum Gasteiger partial charge on any atom is 0.452 e. The Hall–Kier alpha value is -0.740. The van der Waals surface area contributed by atoms with E-state index in [4.69, 9.17) is 0 Å². The number of alkyl halides is 10. The van der Waals surface area contributed by atoms with Gasteiger partial charge in [0.25, 0.3) is 0 Å². The van der Waals surface area contributed by atoms with Gasteiger partial charge in [-0.25, -0.2) is 4.39 Å². The Labute approximate surface area is 86.3 Å². The van der Waals surface area contributed by atoms with Gasteiger partial charge in [0.05, 0.1) is 0 Å². The zero-order valence-electron chi connectivity index (χ0n) is 7.39. The van der Waals surface area contributed by atoms with Gasteiger partial charge in [0.1, 0.15) is 6.61 Å². The van der Waals surface area contributed by atoms with E-state index in [0.29, 0.717) is 0 Å². The minimum absolute atomic E-state index is 2.67. The van der Waals surface area contributed by atoms with E-state index in [0.717, 1.165) is 0 Å². The molecule has 0 aromatic carbocycles. The van der Waals surface area contributed by atoms with Gasteiger partial charge in [-0.3, -0.25) is 0 Å². The number of hydrogen-bond acceptors (Lipinski definition) is 1. The molecule has 0 aromatic heterocycles. The van der Waals surface area contributed by atoms with E-state index in [1.54, 1.807) is 0 Å². The normalized spacial score (nSPS) is 38.5. The summed E-state index contributed by atoms with van der Waals surface area (Å²) in [6.45, 7) is -2.67. The maximum atomic E-state index is 13.0. The third-order valence-electron chi connectivity index (χ3n) is 2.15. The first kappa shape index (κ1) is 14.3. The molecular formula is C6H2F10O. The third kappa shape index (κ3) is 1.50. The summed E-state index contributed by atoms with van der Waals surface area (Å²) in [6, 6.07) is 0. The van der Waals surface area contributed by atoms with Crippen molar-refractivity contribution >= 4 is 0 Å². The molecule has 1 fully saturated rings. The second-order valence-corrected chi connectivity index (χ2v) is 3.24. The highest BCUT2D eigenvalue weighted by atomic mass is 19.4. The summed E-state index contributed by atoms with van der Waals surface area (Å²) in [5.74, 6) is -11.8.